The zero-order valence-electron chi connectivity index (χ0n) is 10.6. The zero-order valence-corrected chi connectivity index (χ0v) is 10.6. The van der Waals surface area contributed by atoms with Crippen LogP contribution in [0.5, 0.6) is 0 Å². The van der Waals surface area contributed by atoms with Crippen molar-refractivity contribution in [2.24, 2.45) is 0 Å². The molecule has 0 radical (unpaired) electrons. The number of aromatic nitrogens is 1. The van der Waals surface area contributed by atoms with Crippen LogP contribution in [-0.2, 0) is 6.54 Å². The van der Waals surface area contributed by atoms with Crippen LogP contribution in [0.1, 0.15) is 11.1 Å². The quantitative estimate of drug-likeness (QED) is 0.848. The fourth-order valence-corrected chi connectivity index (χ4v) is 1.66. The van der Waals surface area contributed by atoms with Crippen molar-refractivity contribution in [1.29, 1.82) is 0 Å². The molecule has 1 rings (SSSR count). The molecule has 0 amide bonds. The van der Waals surface area contributed by atoms with Gasteiger partial charge in [0.05, 0.1) is 6.54 Å². The van der Waals surface area contributed by atoms with Gasteiger partial charge in [0.15, 0.2) is 0 Å². The number of alkyl halides is 3. The normalized spacial score (nSPS) is 12.1. The van der Waals surface area contributed by atoms with Crippen LogP contribution < -0.4 is 5.32 Å². The summed E-state index contributed by atoms with van der Waals surface area (Å²) in [5, 5.41) is 2.86. The number of hydrogen-bond donors (Lipinski definition) is 1. The van der Waals surface area contributed by atoms with E-state index in [1.165, 1.54) is 4.90 Å². The Bertz CT molecular complexity index is 366. The summed E-state index contributed by atoms with van der Waals surface area (Å²) in [6.45, 7) is 2.14. The molecule has 0 spiro atoms. The Morgan fingerprint density at radius 1 is 1.39 bits per heavy atom. The minimum Gasteiger partial charge on any atom is -0.318 e. The van der Waals surface area contributed by atoms with Crippen LogP contribution >= 0.6 is 0 Å². The first kappa shape index (κ1) is 14.9. The molecule has 0 aromatic carbocycles. The van der Waals surface area contributed by atoms with Gasteiger partial charge in [-0.1, -0.05) is 0 Å². The van der Waals surface area contributed by atoms with Crippen LogP contribution in [0.2, 0.25) is 0 Å². The molecular weight excluding hydrogens is 243 g/mol. The number of pyridine rings is 1. The van der Waals surface area contributed by atoms with E-state index in [1.54, 1.807) is 25.5 Å². The number of halogens is 3. The molecule has 0 saturated heterocycles. The first-order valence-electron chi connectivity index (χ1n) is 5.75. The minimum absolute atomic E-state index is 0.287. The van der Waals surface area contributed by atoms with Crippen LogP contribution in [0.3, 0.4) is 0 Å². The number of rotatable bonds is 6. The van der Waals surface area contributed by atoms with Crippen molar-refractivity contribution in [3.8, 4) is 0 Å². The Kier molecular flexibility index (Phi) is 5.55. The fourth-order valence-electron chi connectivity index (χ4n) is 1.66. The first-order chi connectivity index (χ1) is 8.42. The van der Waals surface area contributed by atoms with Gasteiger partial charge in [0.2, 0.25) is 0 Å². The molecule has 1 aromatic heterocycles. The lowest BCUT2D eigenvalue weighted by Gasteiger charge is -2.24. The zero-order chi connectivity index (χ0) is 13.6. The summed E-state index contributed by atoms with van der Waals surface area (Å²) in [5.41, 5.74) is 1.79. The second kappa shape index (κ2) is 6.70. The van der Waals surface area contributed by atoms with Crippen LogP contribution in [-0.4, -0.2) is 42.7 Å². The van der Waals surface area contributed by atoms with Crippen LogP contribution in [0.4, 0.5) is 13.2 Å². The Balaban J connectivity index is 2.69. The first-order valence-corrected chi connectivity index (χ1v) is 5.75. The Morgan fingerprint density at radius 3 is 2.67 bits per heavy atom. The molecular formula is C12H18F3N3. The van der Waals surface area contributed by atoms with E-state index in [-0.39, 0.29) is 6.54 Å². The summed E-state index contributed by atoms with van der Waals surface area (Å²) in [5.74, 6) is 0. The van der Waals surface area contributed by atoms with E-state index in [2.05, 4.69) is 10.3 Å². The van der Waals surface area contributed by atoms with Crippen molar-refractivity contribution in [3.63, 3.8) is 0 Å². The van der Waals surface area contributed by atoms with Gasteiger partial charge >= 0.3 is 6.18 Å². The smallest absolute Gasteiger partial charge is 0.318 e. The molecule has 1 N–H and O–H groups in total. The van der Waals surface area contributed by atoms with E-state index in [4.69, 9.17) is 0 Å². The van der Waals surface area contributed by atoms with Gasteiger partial charge in [-0.3, -0.25) is 9.88 Å². The minimum atomic E-state index is -4.17. The maximum Gasteiger partial charge on any atom is 0.401 e. The Hall–Kier alpha value is -1.14. The molecule has 1 aromatic rings. The van der Waals surface area contributed by atoms with Gasteiger partial charge in [-0.15, -0.1) is 0 Å². The molecule has 102 valence electrons. The average Bonchev–Trinajstić information content (AvgIpc) is 2.27. The van der Waals surface area contributed by atoms with E-state index in [9.17, 15) is 13.2 Å². The van der Waals surface area contributed by atoms with E-state index in [0.29, 0.717) is 13.1 Å². The number of nitrogens with zero attached hydrogens (tertiary/aromatic N) is 2. The van der Waals surface area contributed by atoms with Crippen molar-refractivity contribution in [1.82, 2.24) is 15.2 Å². The summed E-state index contributed by atoms with van der Waals surface area (Å²) >= 11 is 0. The van der Waals surface area contributed by atoms with Gasteiger partial charge in [0.25, 0.3) is 0 Å². The predicted octanol–water partition coefficient (Wildman–Crippen LogP) is 1.97. The largest absolute Gasteiger partial charge is 0.401 e. The number of hydrogen-bond acceptors (Lipinski definition) is 3. The van der Waals surface area contributed by atoms with E-state index in [0.717, 1.165) is 11.1 Å². The Morgan fingerprint density at radius 2 is 2.11 bits per heavy atom. The van der Waals surface area contributed by atoms with Gasteiger partial charge in [-0.05, 0) is 31.2 Å². The third-order valence-electron chi connectivity index (χ3n) is 2.61. The lowest BCUT2D eigenvalue weighted by Crippen LogP contribution is -2.37. The van der Waals surface area contributed by atoms with Crippen LogP contribution in [0, 0.1) is 6.92 Å². The van der Waals surface area contributed by atoms with Gasteiger partial charge < -0.3 is 5.32 Å². The highest BCUT2D eigenvalue weighted by Gasteiger charge is 2.30. The molecule has 18 heavy (non-hydrogen) atoms. The summed E-state index contributed by atoms with van der Waals surface area (Å²) in [4.78, 5) is 5.32. The average molecular weight is 261 g/mol. The molecule has 0 aliphatic carbocycles. The predicted molar refractivity (Wildman–Crippen MR) is 64.2 cm³/mol. The molecule has 0 fully saturated rings. The van der Waals surface area contributed by atoms with Gasteiger partial charge in [0, 0.05) is 32.0 Å². The van der Waals surface area contributed by atoms with Gasteiger partial charge in [0.1, 0.15) is 0 Å². The van der Waals surface area contributed by atoms with E-state index < -0.39 is 12.7 Å². The highest BCUT2D eigenvalue weighted by Crippen LogP contribution is 2.18. The fraction of sp³-hybridized carbons (Fsp3) is 0.583. The molecule has 1 heterocycles. The molecule has 0 aliphatic rings. The second-order valence-electron chi connectivity index (χ2n) is 4.23. The maximum atomic E-state index is 12.5. The monoisotopic (exact) mass is 261 g/mol. The highest BCUT2D eigenvalue weighted by atomic mass is 19.4. The summed E-state index contributed by atoms with van der Waals surface area (Å²) in [6, 6.07) is 1.76. The highest BCUT2D eigenvalue weighted by molar-refractivity contribution is 5.21. The number of nitrogens with one attached hydrogen (secondary N) is 1. The van der Waals surface area contributed by atoms with Gasteiger partial charge in [-0.2, -0.15) is 13.2 Å². The van der Waals surface area contributed by atoms with Crippen molar-refractivity contribution in [2.75, 3.05) is 26.7 Å². The lowest BCUT2D eigenvalue weighted by atomic mass is 10.1. The van der Waals surface area contributed by atoms with E-state index in [1.807, 2.05) is 6.92 Å². The Labute approximate surface area is 105 Å². The van der Waals surface area contributed by atoms with Crippen molar-refractivity contribution in [3.05, 3.63) is 29.6 Å². The number of aryl methyl sites for hydroxylation is 1. The molecule has 0 aliphatic heterocycles. The van der Waals surface area contributed by atoms with Gasteiger partial charge in [-0.25, -0.2) is 0 Å². The molecule has 6 heteroatoms. The standard InChI is InChI=1S/C12H18F3N3/c1-10-7-17-4-3-11(10)8-18(6-5-16-2)9-12(13,14)15/h3-4,7,16H,5-6,8-9H2,1-2H3. The lowest BCUT2D eigenvalue weighted by molar-refractivity contribution is -0.146. The second-order valence-corrected chi connectivity index (χ2v) is 4.23. The SMILES string of the molecule is CNCCN(Cc1ccncc1C)CC(F)(F)F. The number of likely N-dealkylation sites (N-methyl/N-ethyl adjacent to an activating group) is 1. The summed E-state index contributed by atoms with van der Waals surface area (Å²) < 4.78 is 37.4. The van der Waals surface area contributed by atoms with Crippen molar-refractivity contribution >= 4 is 0 Å². The summed E-state index contributed by atoms with van der Waals surface area (Å²) in [7, 11) is 1.73. The molecule has 3 nitrogen and oxygen atoms in total. The summed E-state index contributed by atoms with van der Waals surface area (Å²) in [6.07, 6.45) is -0.903. The molecule has 0 unspecified atom stereocenters. The molecule has 0 bridgehead atoms. The van der Waals surface area contributed by atoms with E-state index >= 15 is 0 Å². The third kappa shape index (κ3) is 5.46. The van der Waals surface area contributed by atoms with Crippen LogP contribution in [0.15, 0.2) is 18.5 Å². The van der Waals surface area contributed by atoms with Crippen molar-refractivity contribution < 1.29 is 13.2 Å². The molecule has 0 atom stereocenters. The van der Waals surface area contributed by atoms with Crippen molar-refractivity contribution in [2.45, 2.75) is 19.6 Å². The van der Waals surface area contributed by atoms with Crippen LogP contribution in [0.25, 0.3) is 0 Å². The maximum absolute atomic E-state index is 12.5. The third-order valence-corrected chi connectivity index (χ3v) is 2.61. The molecule has 0 saturated carbocycles. The topological polar surface area (TPSA) is 28.2 Å².